The predicted octanol–water partition coefficient (Wildman–Crippen LogP) is 4.04. The fourth-order valence-electron chi connectivity index (χ4n) is 4.08. The highest BCUT2D eigenvalue weighted by Crippen LogP contribution is 2.36. The fourth-order valence-corrected chi connectivity index (χ4v) is 4.60. The van der Waals surface area contributed by atoms with Gasteiger partial charge in [0.2, 0.25) is 5.96 Å². The number of hydroxylamine groups is 2. The van der Waals surface area contributed by atoms with Crippen molar-refractivity contribution in [2.24, 2.45) is 9.98 Å². The van der Waals surface area contributed by atoms with Crippen molar-refractivity contribution in [1.82, 2.24) is 20.6 Å². The van der Waals surface area contributed by atoms with E-state index in [9.17, 15) is 22.8 Å². The molecule has 2 N–H and O–H groups in total. The van der Waals surface area contributed by atoms with E-state index in [1.54, 1.807) is 18.4 Å². The number of hydrogen-bond donors (Lipinski definition) is 2. The monoisotopic (exact) mass is 596 g/mol. The van der Waals surface area contributed by atoms with E-state index >= 15 is 0 Å². The summed E-state index contributed by atoms with van der Waals surface area (Å²) in [4.78, 5) is 42.1. The lowest BCUT2D eigenvalue weighted by molar-refractivity contribution is -0.182. The molecule has 1 aromatic carbocycles. The third-order valence-electron chi connectivity index (χ3n) is 6.11. The van der Waals surface area contributed by atoms with E-state index in [1.165, 1.54) is 19.3 Å². The Labute approximate surface area is 238 Å². The molecule has 212 valence electrons. The number of fused-ring (bicyclic) bond motifs is 1. The molecule has 9 nitrogen and oxygen atoms in total. The first-order chi connectivity index (χ1) is 18.9. The standard InChI is InChI=1S/C26H25Cl2F3N6O3/c1-36(2)9-8-32-25-33-13-15-10-18(24(39)37(40-3)22(15)35-25)17-6-5-16(12-21(17)28)34-23(38)14-4-7-20(27)19(11-14)26(29,30)31/h4-5,7,10-13,22H,6,8-9H2,1-3H3,(H,32,35)(H,34,38). The number of alkyl halides is 3. The zero-order valence-corrected chi connectivity index (χ0v) is 23.2. The number of carbonyl (C=O) groups is 2. The fraction of sp³-hybridized carbons (Fsp3) is 0.308. The molecule has 2 aliphatic heterocycles. The number of benzene rings is 1. The molecule has 2 heterocycles. The molecule has 0 fully saturated rings. The molecule has 1 atom stereocenters. The van der Waals surface area contributed by atoms with Crippen LogP contribution in [0.5, 0.6) is 0 Å². The largest absolute Gasteiger partial charge is 0.417 e. The highest BCUT2D eigenvalue weighted by Gasteiger charge is 2.37. The molecule has 0 bridgehead atoms. The van der Waals surface area contributed by atoms with Gasteiger partial charge in [-0.1, -0.05) is 29.3 Å². The van der Waals surface area contributed by atoms with Gasteiger partial charge in [0.25, 0.3) is 11.8 Å². The lowest BCUT2D eigenvalue weighted by atomic mass is 9.93. The maximum absolute atomic E-state index is 13.3. The second-order valence-corrected chi connectivity index (χ2v) is 9.98. The number of guanidine groups is 1. The summed E-state index contributed by atoms with van der Waals surface area (Å²) in [7, 11) is 5.24. The molecule has 0 radical (unpaired) electrons. The van der Waals surface area contributed by atoms with E-state index in [0.29, 0.717) is 29.7 Å². The first-order valence-electron chi connectivity index (χ1n) is 12.0. The summed E-state index contributed by atoms with van der Waals surface area (Å²) >= 11 is 12.2. The van der Waals surface area contributed by atoms with Crippen LogP contribution in [0.4, 0.5) is 13.2 Å². The number of allylic oxidation sites excluding steroid dienone is 4. The van der Waals surface area contributed by atoms with Crippen LogP contribution >= 0.6 is 23.2 Å². The quantitative estimate of drug-likeness (QED) is 0.483. The van der Waals surface area contributed by atoms with E-state index in [4.69, 9.17) is 28.0 Å². The second kappa shape index (κ2) is 12.0. The van der Waals surface area contributed by atoms with Gasteiger partial charge in [0.15, 0.2) is 6.17 Å². The van der Waals surface area contributed by atoms with Crippen molar-refractivity contribution in [1.29, 1.82) is 0 Å². The Balaban J connectivity index is 1.55. The third-order valence-corrected chi connectivity index (χ3v) is 6.78. The lowest BCUT2D eigenvalue weighted by Crippen LogP contribution is -2.55. The Morgan fingerprint density at radius 2 is 2.05 bits per heavy atom. The number of amides is 2. The first-order valence-corrected chi connectivity index (χ1v) is 12.7. The van der Waals surface area contributed by atoms with Crippen LogP contribution in [0.3, 0.4) is 0 Å². The Bertz CT molecular complexity index is 1410. The second-order valence-electron chi connectivity index (χ2n) is 9.17. The number of aliphatic imine (C=N–C) groups is 2. The van der Waals surface area contributed by atoms with E-state index in [-0.39, 0.29) is 28.3 Å². The van der Waals surface area contributed by atoms with Crippen LogP contribution in [0.15, 0.2) is 73.9 Å². The molecule has 0 saturated heterocycles. The number of hydrogen-bond acceptors (Lipinski definition) is 5. The smallest absolute Gasteiger partial charge is 0.328 e. The normalized spacial score (nSPS) is 22.1. The van der Waals surface area contributed by atoms with Crippen molar-refractivity contribution in [2.45, 2.75) is 18.8 Å². The van der Waals surface area contributed by atoms with Gasteiger partial charge in [0.1, 0.15) is 0 Å². The van der Waals surface area contributed by atoms with Crippen LogP contribution in [-0.4, -0.2) is 74.4 Å². The number of carbonyl (C=O) groups excluding carboxylic acids is 2. The summed E-state index contributed by atoms with van der Waals surface area (Å²) in [6.07, 6.45) is 1.08. The summed E-state index contributed by atoms with van der Waals surface area (Å²) in [5, 5.41) is 6.45. The van der Waals surface area contributed by atoms with E-state index in [2.05, 4.69) is 20.6 Å². The number of likely N-dealkylation sites (N-methyl/N-ethyl adjacent to an activating group) is 1. The maximum Gasteiger partial charge on any atom is 0.417 e. The molecule has 0 saturated carbocycles. The van der Waals surface area contributed by atoms with Crippen LogP contribution in [0.2, 0.25) is 5.02 Å². The zero-order valence-electron chi connectivity index (χ0n) is 21.6. The molecule has 40 heavy (non-hydrogen) atoms. The minimum Gasteiger partial charge on any atom is -0.328 e. The van der Waals surface area contributed by atoms with Crippen molar-refractivity contribution in [2.75, 3.05) is 34.3 Å². The van der Waals surface area contributed by atoms with Gasteiger partial charge in [-0.05, 0) is 56.4 Å². The Morgan fingerprint density at radius 3 is 2.70 bits per heavy atom. The minimum atomic E-state index is -4.71. The highest BCUT2D eigenvalue weighted by atomic mass is 35.5. The average Bonchev–Trinajstić information content (AvgIpc) is 2.88. The lowest BCUT2D eigenvalue weighted by Gasteiger charge is -2.36. The number of halogens is 5. The summed E-state index contributed by atoms with van der Waals surface area (Å²) in [5.74, 6) is -0.853. The van der Waals surface area contributed by atoms with Gasteiger partial charge >= 0.3 is 6.18 Å². The van der Waals surface area contributed by atoms with Crippen molar-refractivity contribution < 1.29 is 27.6 Å². The molecular weight excluding hydrogens is 572 g/mol. The molecule has 1 aliphatic carbocycles. The molecular formula is C26H25Cl2F3N6O3. The van der Waals surface area contributed by atoms with Crippen LogP contribution in [0.1, 0.15) is 22.3 Å². The van der Waals surface area contributed by atoms with Crippen molar-refractivity contribution >= 4 is 47.2 Å². The molecule has 0 aromatic heterocycles. The van der Waals surface area contributed by atoms with Gasteiger partial charge in [-0.3, -0.25) is 14.4 Å². The van der Waals surface area contributed by atoms with Gasteiger partial charge in [-0.25, -0.2) is 9.98 Å². The third kappa shape index (κ3) is 6.47. The summed E-state index contributed by atoms with van der Waals surface area (Å²) in [5.41, 5.74) is 0.310. The van der Waals surface area contributed by atoms with E-state index in [0.717, 1.165) is 17.7 Å². The number of nitrogens with one attached hydrogen (secondary N) is 2. The van der Waals surface area contributed by atoms with Gasteiger partial charge in [-0.15, -0.1) is 0 Å². The van der Waals surface area contributed by atoms with Crippen molar-refractivity contribution in [3.05, 3.63) is 80.0 Å². The highest BCUT2D eigenvalue weighted by molar-refractivity contribution is 6.33. The van der Waals surface area contributed by atoms with Gasteiger partial charge in [0, 0.05) is 40.2 Å². The van der Waals surface area contributed by atoms with E-state index in [1.807, 2.05) is 19.0 Å². The SMILES string of the molecule is CON1C(=O)C(=C2CC=C(NC(=O)c3ccc(Cl)c(C(F)(F)F)c3)C=C2Cl)C=C2C=NC(=NCCN(C)C)NC21. The number of nitrogens with zero attached hydrogens (tertiary/aromatic N) is 4. The zero-order chi connectivity index (χ0) is 29.2. The molecule has 1 aromatic rings. The van der Waals surface area contributed by atoms with Gasteiger partial charge in [0.05, 0.1) is 24.2 Å². The maximum atomic E-state index is 13.3. The topological polar surface area (TPSA) is 98.6 Å². The molecule has 1 unspecified atom stereocenters. The Hall–Kier alpha value is -3.45. The Morgan fingerprint density at radius 1 is 1.30 bits per heavy atom. The van der Waals surface area contributed by atoms with Crippen molar-refractivity contribution in [3.63, 3.8) is 0 Å². The minimum absolute atomic E-state index is 0.161. The molecule has 4 rings (SSSR count). The molecule has 2 amide bonds. The summed E-state index contributed by atoms with van der Waals surface area (Å²) in [6.45, 7) is 1.24. The molecule has 14 heteroatoms. The van der Waals surface area contributed by atoms with E-state index < -0.39 is 34.7 Å². The number of rotatable bonds is 6. The predicted molar refractivity (Wildman–Crippen MR) is 146 cm³/mol. The molecule has 0 spiro atoms. The summed E-state index contributed by atoms with van der Waals surface area (Å²) in [6, 6.07) is 2.88. The average molecular weight is 597 g/mol. The van der Waals surface area contributed by atoms with Crippen molar-refractivity contribution in [3.8, 4) is 0 Å². The van der Waals surface area contributed by atoms with Crippen LogP contribution in [-0.2, 0) is 15.8 Å². The molecule has 3 aliphatic rings. The summed E-state index contributed by atoms with van der Waals surface area (Å²) < 4.78 is 39.5. The first kappa shape index (κ1) is 29.5. The van der Waals surface area contributed by atoms with Crippen LogP contribution in [0, 0.1) is 0 Å². The van der Waals surface area contributed by atoms with Gasteiger partial charge < -0.3 is 15.5 Å². The van der Waals surface area contributed by atoms with Gasteiger partial charge in [-0.2, -0.15) is 18.2 Å². The van der Waals surface area contributed by atoms with Crippen LogP contribution < -0.4 is 10.6 Å². The van der Waals surface area contributed by atoms with Crippen LogP contribution in [0.25, 0.3) is 0 Å². The Kier molecular flexibility index (Phi) is 8.83.